The second-order valence-electron chi connectivity index (χ2n) is 22.3. The molecule has 8 aliphatic rings. The summed E-state index contributed by atoms with van der Waals surface area (Å²) in [5, 5.41) is 7.25. The molecule has 0 aliphatic heterocycles. The van der Waals surface area contributed by atoms with Crippen molar-refractivity contribution in [2.75, 3.05) is 20.3 Å². The Morgan fingerprint density at radius 1 is 0.636 bits per heavy atom. The summed E-state index contributed by atoms with van der Waals surface area (Å²) in [5.41, 5.74) is 11.8. The second-order valence-corrected chi connectivity index (χ2v) is 22.3. The number of fused-ring (bicyclic) bond motifs is 8. The van der Waals surface area contributed by atoms with Crippen molar-refractivity contribution >= 4 is 17.9 Å². The number of nitrogens with one attached hydrogen (secondary N) is 2. The topological polar surface area (TPSA) is 131 Å². The van der Waals surface area contributed by atoms with E-state index in [1.165, 1.54) is 113 Å². The van der Waals surface area contributed by atoms with Gasteiger partial charge in [0.15, 0.2) is 0 Å². The van der Waals surface area contributed by atoms with Crippen molar-refractivity contribution in [1.29, 1.82) is 0 Å². The van der Waals surface area contributed by atoms with Crippen LogP contribution in [0.25, 0.3) is 0 Å². The van der Waals surface area contributed by atoms with Gasteiger partial charge in [-0.15, -0.1) is 0 Å². The van der Waals surface area contributed by atoms with Gasteiger partial charge in [0.05, 0.1) is 32.2 Å². The van der Waals surface area contributed by atoms with Gasteiger partial charge < -0.3 is 30.6 Å². The quantitative estimate of drug-likeness (QED) is 0.109. The first-order chi connectivity index (χ1) is 31.7. The molecule has 364 valence electrons. The van der Waals surface area contributed by atoms with Gasteiger partial charge in [-0.2, -0.15) is 0 Å². The van der Waals surface area contributed by atoms with Crippen molar-refractivity contribution in [1.82, 2.24) is 10.6 Å². The van der Waals surface area contributed by atoms with E-state index in [-0.39, 0.29) is 35.7 Å². The fourth-order valence-electron chi connectivity index (χ4n) is 15.0. The smallest absolute Gasteiger partial charge is 0.315 e. The first-order valence-electron chi connectivity index (χ1n) is 26.2. The minimum Gasteiger partial charge on any atom is -0.469 e. The van der Waals surface area contributed by atoms with Crippen LogP contribution in [-0.2, 0) is 41.7 Å². The number of esters is 3. The Morgan fingerprint density at radius 3 is 1.44 bits per heavy atom. The van der Waals surface area contributed by atoms with E-state index in [4.69, 9.17) is 14.2 Å². The van der Waals surface area contributed by atoms with E-state index in [1.54, 1.807) is 5.57 Å². The number of carbonyl (C=O) groups is 3. The minimum absolute atomic E-state index is 0.00491. The molecule has 2 aromatic rings. The number of aryl methyl sites for hydroxylation is 2. The maximum absolute atomic E-state index is 12.2. The van der Waals surface area contributed by atoms with Crippen molar-refractivity contribution in [2.45, 2.75) is 163 Å². The van der Waals surface area contributed by atoms with Crippen molar-refractivity contribution in [3.63, 3.8) is 0 Å². The molecular formula is C57H86N3O6+. The Balaban J connectivity index is 0.000000134. The van der Waals surface area contributed by atoms with Crippen molar-refractivity contribution in [2.24, 2.45) is 70.0 Å². The zero-order valence-corrected chi connectivity index (χ0v) is 42.0. The number of ether oxygens (including phenoxy) is 3. The number of rotatable bonds is 12. The molecule has 14 atom stereocenters. The van der Waals surface area contributed by atoms with E-state index in [0.29, 0.717) is 77.7 Å². The average molecular weight is 909 g/mol. The standard InChI is InChI=1S/C18H25NO2.C17H23NO2.C12H20.C10H17NO2/c1-3-21-18(20)16-14-8-9-15(10-14)17(16)19-11-13-6-4-12(2)5-7-13;1-11-3-5-12(6-4-11)10-18-16-14-8-7-13(9-14)15(16)17(19)20-2;1-5-12-7-6-10(8-9(12)2)11(12,3)4;1-2-13-10(12)8-6-3-4-7(5-6)9(8)11/h4-7,14-17,19H,3,8-11H2,1-2H3;3-6,13-16,18H,7-10H2,1-2H3;10H,2,5-8H2,1,3-4H3;6-9H,2-5,11H2,1H3/p+1/t14-,15+,16?,17?;13-,14+,15?,16?;10?,12-;6-,7+,8?,9?/m0000/s1. The third-order valence-electron chi connectivity index (χ3n) is 18.8. The second kappa shape index (κ2) is 21.8. The summed E-state index contributed by atoms with van der Waals surface area (Å²) in [4.78, 5) is 35.8. The van der Waals surface area contributed by atoms with Crippen molar-refractivity contribution < 1.29 is 34.3 Å². The van der Waals surface area contributed by atoms with Crippen molar-refractivity contribution in [3.8, 4) is 0 Å². The van der Waals surface area contributed by atoms with Crippen LogP contribution in [0.4, 0.5) is 0 Å². The van der Waals surface area contributed by atoms with E-state index >= 15 is 0 Å². The zero-order chi connectivity index (χ0) is 47.3. The van der Waals surface area contributed by atoms with Crippen LogP contribution >= 0.6 is 0 Å². The molecule has 9 heteroatoms. The van der Waals surface area contributed by atoms with Gasteiger partial charge in [-0.05, 0) is 169 Å². The van der Waals surface area contributed by atoms with Gasteiger partial charge in [0.25, 0.3) is 0 Å². The van der Waals surface area contributed by atoms with Gasteiger partial charge in [0.1, 0.15) is 12.0 Å². The molecule has 2 aromatic carbocycles. The van der Waals surface area contributed by atoms with E-state index < -0.39 is 0 Å². The fourth-order valence-corrected chi connectivity index (χ4v) is 15.0. The Labute approximate surface area is 397 Å². The van der Waals surface area contributed by atoms with E-state index in [9.17, 15) is 14.4 Å². The van der Waals surface area contributed by atoms with Crippen molar-refractivity contribution in [3.05, 3.63) is 82.9 Å². The first-order valence-corrected chi connectivity index (χ1v) is 26.2. The molecule has 9 nitrogen and oxygen atoms in total. The predicted octanol–water partition coefficient (Wildman–Crippen LogP) is 9.72. The number of methoxy groups -OCH3 is 1. The van der Waals surface area contributed by atoms with Crippen LogP contribution in [0.5, 0.6) is 0 Å². The van der Waals surface area contributed by atoms with Gasteiger partial charge in [-0.25, -0.2) is 0 Å². The van der Waals surface area contributed by atoms with Gasteiger partial charge >= 0.3 is 17.9 Å². The van der Waals surface area contributed by atoms with E-state index in [1.807, 2.05) is 13.8 Å². The maximum Gasteiger partial charge on any atom is 0.315 e. The number of allylic oxidation sites excluding steroid dienone is 1. The van der Waals surface area contributed by atoms with Gasteiger partial charge in [0.2, 0.25) is 0 Å². The van der Waals surface area contributed by atoms with Crippen LogP contribution < -0.4 is 16.4 Å². The third-order valence-corrected chi connectivity index (χ3v) is 18.8. The summed E-state index contributed by atoms with van der Waals surface area (Å²) in [7, 11) is 1.51. The highest BCUT2D eigenvalue weighted by molar-refractivity contribution is 5.75. The van der Waals surface area contributed by atoms with Crippen LogP contribution in [0, 0.1) is 83.9 Å². The summed E-state index contributed by atoms with van der Waals surface area (Å²) in [6, 6.07) is 18.1. The summed E-state index contributed by atoms with van der Waals surface area (Å²) in [6.07, 6.45) is 16.4. The summed E-state index contributed by atoms with van der Waals surface area (Å²) < 4.78 is 15.4. The number of benzene rings is 2. The molecule has 0 amide bonds. The molecule has 0 radical (unpaired) electrons. The molecule has 5 N–H and O–H groups in total. The highest BCUT2D eigenvalue weighted by atomic mass is 16.5. The third kappa shape index (κ3) is 10.4. The monoisotopic (exact) mass is 909 g/mol. The van der Waals surface area contributed by atoms with E-state index in [2.05, 4.69) is 106 Å². The SMILES string of the molecule is C=C1CC2CC[C@]1(CC)C2(C)C.CCOC(=O)C1C(NCc2ccc(C)cc2)[C@@H]2CC[C@H]1C2.CCOC(=O)C1C([NH3+])[C@@H]2CC[C@H]1C2.COC(=O)C1C(NCc2ccc(C)cc2)[C@@H]2CC[C@H]1C2. The fraction of sp³-hybridized carbons (Fsp3) is 0.702. The predicted molar refractivity (Wildman–Crippen MR) is 262 cm³/mol. The normalized spacial score (nSPS) is 35.6. The molecule has 8 bridgehead atoms. The van der Waals surface area contributed by atoms with Crippen LogP contribution in [0.3, 0.4) is 0 Å². The minimum atomic E-state index is -0.0291. The number of hydrogen-bond donors (Lipinski definition) is 3. The lowest BCUT2D eigenvalue weighted by atomic mass is 9.66. The maximum atomic E-state index is 12.2. The number of hydrogen-bond acceptors (Lipinski definition) is 8. The molecule has 8 aliphatic carbocycles. The zero-order valence-electron chi connectivity index (χ0n) is 42.0. The Kier molecular flexibility index (Phi) is 16.7. The molecule has 0 spiro atoms. The molecule has 0 heterocycles. The van der Waals surface area contributed by atoms with Gasteiger partial charge in [-0.3, -0.25) is 14.4 Å². The lowest BCUT2D eigenvalue weighted by Crippen LogP contribution is -2.68. The summed E-state index contributed by atoms with van der Waals surface area (Å²) in [5.74, 6) is 4.77. The molecule has 8 fully saturated rings. The van der Waals surface area contributed by atoms with Crippen LogP contribution in [0.15, 0.2) is 60.7 Å². The highest BCUT2D eigenvalue weighted by Gasteiger charge is 2.60. The van der Waals surface area contributed by atoms with Gasteiger partial charge in [0, 0.05) is 31.1 Å². The molecule has 7 unspecified atom stereocenters. The Morgan fingerprint density at radius 2 is 1.06 bits per heavy atom. The average Bonchev–Trinajstić information content (AvgIpc) is 4.21. The largest absolute Gasteiger partial charge is 0.469 e. The molecular weight excluding hydrogens is 823 g/mol. The molecule has 10 rings (SSSR count). The first kappa shape index (κ1) is 50.3. The Bertz CT molecular complexity index is 1960. The lowest BCUT2D eigenvalue weighted by Gasteiger charge is -2.38. The van der Waals surface area contributed by atoms with Crippen LogP contribution in [0.1, 0.15) is 140 Å². The van der Waals surface area contributed by atoms with Crippen LogP contribution in [0.2, 0.25) is 0 Å². The molecule has 8 saturated carbocycles. The molecule has 0 saturated heterocycles. The van der Waals surface area contributed by atoms with Crippen LogP contribution in [-0.4, -0.2) is 56.4 Å². The highest BCUT2D eigenvalue weighted by Crippen LogP contribution is 2.69. The summed E-state index contributed by atoms with van der Waals surface area (Å²) in [6.45, 7) is 22.1. The van der Waals surface area contributed by atoms with Gasteiger partial charge in [-0.1, -0.05) is 92.6 Å². The van der Waals surface area contributed by atoms with E-state index in [0.717, 1.165) is 19.0 Å². The number of quaternary nitrogens is 1. The number of carbonyl (C=O) groups excluding carboxylic acids is 3. The Hall–Kier alpha value is -3.53. The molecule has 0 aromatic heterocycles. The summed E-state index contributed by atoms with van der Waals surface area (Å²) >= 11 is 0. The molecule has 66 heavy (non-hydrogen) atoms. The lowest BCUT2D eigenvalue weighted by molar-refractivity contribution is -0.440.